The van der Waals surface area contributed by atoms with Gasteiger partial charge in [-0.15, -0.1) is 4.36 Å². The van der Waals surface area contributed by atoms with Gasteiger partial charge in [0.15, 0.2) is 0 Å². The molecule has 0 aliphatic carbocycles. The van der Waals surface area contributed by atoms with Crippen LogP contribution < -0.4 is 0 Å². The summed E-state index contributed by atoms with van der Waals surface area (Å²) in [5.74, 6) is -0.494. The van der Waals surface area contributed by atoms with Crippen molar-refractivity contribution in [1.82, 2.24) is 4.90 Å². The highest BCUT2D eigenvalue weighted by molar-refractivity contribution is 7.95. The quantitative estimate of drug-likeness (QED) is 0.800. The van der Waals surface area contributed by atoms with Crippen molar-refractivity contribution in [3.63, 3.8) is 0 Å². The van der Waals surface area contributed by atoms with Crippen molar-refractivity contribution < 1.29 is 13.4 Å². The lowest BCUT2D eigenvalue weighted by atomic mass is 10.2. The van der Waals surface area contributed by atoms with Gasteiger partial charge in [-0.05, 0) is 66.7 Å². The van der Waals surface area contributed by atoms with Crippen molar-refractivity contribution in [3.05, 3.63) is 30.1 Å². The van der Waals surface area contributed by atoms with Crippen LogP contribution in [0.2, 0.25) is 0 Å². The number of benzene rings is 1. The molecule has 130 valence electrons. The first-order chi connectivity index (χ1) is 10.4. The molecule has 0 aromatic heterocycles. The number of rotatable bonds is 3. The number of carbonyl (C=O) groups is 1. The second-order valence-electron chi connectivity index (χ2n) is 7.06. The number of hydrogen-bond donors (Lipinski definition) is 0. The average Bonchev–Trinajstić information content (AvgIpc) is 2.35. The topological polar surface area (TPSA) is 49.7 Å². The van der Waals surface area contributed by atoms with Gasteiger partial charge in [0.05, 0.1) is 19.4 Å². The lowest BCUT2D eigenvalue weighted by molar-refractivity contribution is 0.175. The number of nitrogens with zero attached hydrogens (tertiary/aromatic N) is 2. The lowest BCUT2D eigenvalue weighted by Crippen LogP contribution is -2.41. The van der Waals surface area contributed by atoms with Crippen molar-refractivity contribution in [2.45, 2.75) is 70.2 Å². The number of urea groups is 1. The second-order valence-corrected chi connectivity index (χ2v) is 9.99. The van der Waals surface area contributed by atoms with Gasteiger partial charge in [0.25, 0.3) is 0 Å². The molecule has 0 N–H and O–H groups in total. The summed E-state index contributed by atoms with van der Waals surface area (Å²) in [4.78, 5) is 14.4. The maximum Gasteiger partial charge on any atom is 0.352 e. The fourth-order valence-corrected chi connectivity index (χ4v) is 4.31. The minimum Gasteiger partial charge on any atom is -0.318 e. The third-order valence-corrected chi connectivity index (χ3v) is 6.45. The summed E-state index contributed by atoms with van der Waals surface area (Å²) in [5.41, 5.74) is 0. The Bertz CT molecular complexity index is 676. The molecule has 0 fully saturated rings. The van der Waals surface area contributed by atoms with Gasteiger partial charge >= 0.3 is 6.03 Å². The molecule has 0 radical (unpaired) electrons. The van der Waals surface area contributed by atoms with E-state index in [2.05, 4.69) is 4.36 Å². The normalized spacial score (nSPS) is 14.7. The Hall–Kier alpha value is -1.43. The molecular formula is C17H27FN2O2S. The van der Waals surface area contributed by atoms with E-state index in [9.17, 15) is 13.4 Å². The van der Waals surface area contributed by atoms with Crippen LogP contribution >= 0.6 is 0 Å². The van der Waals surface area contributed by atoms with E-state index in [1.807, 2.05) is 27.7 Å². The van der Waals surface area contributed by atoms with Gasteiger partial charge in [-0.2, -0.15) is 0 Å². The summed E-state index contributed by atoms with van der Waals surface area (Å²) in [7, 11) is -3.12. The van der Waals surface area contributed by atoms with Gasteiger partial charge in [0, 0.05) is 12.1 Å². The van der Waals surface area contributed by atoms with Crippen molar-refractivity contribution in [2.75, 3.05) is 0 Å². The summed E-state index contributed by atoms with van der Waals surface area (Å²) in [6.45, 7) is 12.8. The van der Waals surface area contributed by atoms with E-state index >= 15 is 0 Å². The van der Waals surface area contributed by atoms with E-state index < -0.39 is 26.3 Å². The van der Waals surface area contributed by atoms with Crippen LogP contribution in [0.5, 0.6) is 0 Å². The van der Waals surface area contributed by atoms with E-state index in [-0.39, 0.29) is 17.0 Å². The summed E-state index contributed by atoms with van der Waals surface area (Å²) < 4.78 is 30.4. The summed E-state index contributed by atoms with van der Waals surface area (Å²) in [5, 5.41) is 0. The minimum atomic E-state index is -3.12. The molecule has 1 aromatic rings. The van der Waals surface area contributed by atoms with E-state index in [4.69, 9.17) is 0 Å². The Morgan fingerprint density at radius 3 is 2.09 bits per heavy atom. The first-order valence-corrected chi connectivity index (χ1v) is 9.26. The van der Waals surface area contributed by atoms with Gasteiger partial charge < -0.3 is 4.90 Å². The van der Waals surface area contributed by atoms with Gasteiger partial charge in [0.2, 0.25) is 0 Å². The maximum absolute atomic E-state index is 13.6. The van der Waals surface area contributed by atoms with Crippen LogP contribution in [-0.2, 0) is 9.73 Å². The highest BCUT2D eigenvalue weighted by Crippen LogP contribution is 2.29. The SMILES string of the molecule is CC(C)N(C(=O)N=[S@](=O)(c1cccc(F)c1)C(C)(C)C)C(C)C. The van der Waals surface area contributed by atoms with Crippen molar-refractivity contribution in [3.8, 4) is 0 Å². The number of hydrogen-bond acceptors (Lipinski definition) is 2. The van der Waals surface area contributed by atoms with E-state index in [1.54, 1.807) is 31.7 Å². The second kappa shape index (κ2) is 6.99. The molecule has 1 aromatic carbocycles. The van der Waals surface area contributed by atoms with Gasteiger partial charge in [-0.25, -0.2) is 13.4 Å². The van der Waals surface area contributed by atoms with Crippen LogP contribution in [0.15, 0.2) is 33.5 Å². The Kier molecular flexibility index (Phi) is 5.96. The smallest absolute Gasteiger partial charge is 0.318 e. The number of halogens is 1. The van der Waals surface area contributed by atoms with Crippen molar-refractivity contribution in [1.29, 1.82) is 0 Å². The Labute approximate surface area is 139 Å². The Morgan fingerprint density at radius 2 is 1.70 bits per heavy atom. The summed E-state index contributed by atoms with van der Waals surface area (Å²) in [6.07, 6.45) is 0. The summed E-state index contributed by atoms with van der Waals surface area (Å²) >= 11 is 0. The molecule has 1 atom stereocenters. The van der Waals surface area contributed by atoms with E-state index in [1.165, 1.54) is 18.2 Å². The summed E-state index contributed by atoms with van der Waals surface area (Å²) in [6, 6.07) is 4.85. The Morgan fingerprint density at radius 1 is 1.17 bits per heavy atom. The predicted octanol–water partition coefficient (Wildman–Crippen LogP) is 4.69. The molecule has 0 heterocycles. The van der Waals surface area contributed by atoms with Crippen LogP contribution in [0.1, 0.15) is 48.5 Å². The molecule has 0 bridgehead atoms. The highest BCUT2D eigenvalue weighted by atomic mass is 32.2. The first-order valence-electron chi connectivity index (χ1n) is 7.74. The van der Waals surface area contributed by atoms with Crippen LogP contribution in [0, 0.1) is 5.82 Å². The van der Waals surface area contributed by atoms with Gasteiger partial charge in [0.1, 0.15) is 5.82 Å². The molecule has 0 spiro atoms. The van der Waals surface area contributed by atoms with Crippen LogP contribution in [0.3, 0.4) is 0 Å². The van der Waals surface area contributed by atoms with Crippen molar-refractivity contribution in [2.24, 2.45) is 4.36 Å². The van der Waals surface area contributed by atoms with Crippen molar-refractivity contribution >= 4 is 15.8 Å². The zero-order chi connectivity index (χ0) is 18.0. The molecule has 23 heavy (non-hydrogen) atoms. The maximum atomic E-state index is 13.6. The first kappa shape index (κ1) is 19.6. The van der Waals surface area contributed by atoms with E-state index in [0.29, 0.717) is 0 Å². The van der Waals surface area contributed by atoms with Crippen LogP contribution in [0.25, 0.3) is 0 Å². The molecule has 0 aliphatic heterocycles. The van der Waals surface area contributed by atoms with Gasteiger partial charge in [-0.1, -0.05) is 6.07 Å². The minimum absolute atomic E-state index is 0.0672. The predicted molar refractivity (Wildman–Crippen MR) is 92.5 cm³/mol. The molecule has 4 nitrogen and oxygen atoms in total. The zero-order valence-corrected chi connectivity index (χ0v) is 15.8. The molecule has 6 heteroatoms. The highest BCUT2D eigenvalue weighted by Gasteiger charge is 2.32. The molecule has 0 aliphatic rings. The fourth-order valence-electron chi connectivity index (χ4n) is 2.38. The monoisotopic (exact) mass is 342 g/mol. The number of carbonyl (C=O) groups excluding carboxylic acids is 1. The van der Waals surface area contributed by atoms with Gasteiger partial charge in [-0.3, -0.25) is 0 Å². The molecular weight excluding hydrogens is 315 g/mol. The lowest BCUT2D eigenvalue weighted by Gasteiger charge is -2.30. The molecule has 0 saturated carbocycles. The average molecular weight is 342 g/mol. The fraction of sp³-hybridized carbons (Fsp3) is 0.588. The molecule has 1 rings (SSSR count). The molecule has 0 unspecified atom stereocenters. The molecule has 0 saturated heterocycles. The standard InChI is InChI=1S/C17H27FN2O2S/c1-12(2)20(13(3)4)16(21)19-23(22,17(5,6)7)15-10-8-9-14(18)11-15/h8-13H,1-7H3/t23-/m0/s1. The zero-order valence-electron chi connectivity index (χ0n) is 15.0. The molecule has 2 amide bonds. The van der Waals surface area contributed by atoms with E-state index in [0.717, 1.165) is 0 Å². The third kappa shape index (κ3) is 4.31. The Balaban J connectivity index is 3.55. The third-order valence-electron chi connectivity index (χ3n) is 3.49. The number of amides is 2. The largest absolute Gasteiger partial charge is 0.352 e. The van der Waals surface area contributed by atoms with Crippen LogP contribution in [0.4, 0.5) is 9.18 Å². The van der Waals surface area contributed by atoms with Crippen LogP contribution in [-0.4, -0.2) is 32.0 Å².